The third kappa shape index (κ3) is 4.55. The SMILES string of the molecule is CCc1ccc(C(CO)NC(=O)NC(C)c2sc(C)nc2C)cc1. The maximum Gasteiger partial charge on any atom is 0.315 e. The van der Waals surface area contributed by atoms with Gasteiger partial charge in [0.2, 0.25) is 0 Å². The molecule has 2 rings (SSSR count). The molecule has 0 aliphatic rings. The summed E-state index contributed by atoms with van der Waals surface area (Å²) in [6.45, 7) is 7.78. The van der Waals surface area contributed by atoms with Crippen molar-refractivity contribution in [2.45, 2.75) is 46.2 Å². The fourth-order valence-electron chi connectivity index (χ4n) is 2.63. The molecule has 1 heterocycles. The summed E-state index contributed by atoms with van der Waals surface area (Å²) in [5.74, 6) is 0. The summed E-state index contributed by atoms with van der Waals surface area (Å²) in [6.07, 6.45) is 0.961. The van der Waals surface area contributed by atoms with Crippen molar-refractivity contribution in [1.29, 1.82) is 0 Å². The molecule has 2 unspecified atom stereocenters. The highest BCUT2D eigenvalue weighted by Crippen LogP contribution is 2.24. The van der Waals surface area contributed by atoms with Gasteiger partial charge in [0.25, 0.3) is 0 Å². The van der Waals surface area contributed by atoms with E-state index < -0.39 is 6.04 Å². The first-order chi connectivity index (χ1) is 11.4. The van der Waals surface area contributed by atoms with Crippen molar-refractivity contribution in [3.05, 3.63) is 51.0 Å². The first-order valence-electron chi connectivity index (χ1n) is 8.15. The molecule has 0 fully saturated rings. The Bertz CT molecular complexity index is 682. The second kappa shape index (κ2) is 8.26. The van der Waals surface area contributed by atoms with Gasteiger partial charge in [0.1, 0.15) is 0 Å². The normalized spacial score (nSPS) is 13.4. The zero-order valence-corrected chi connectivity index (χ0v) is 15.4. The number of nitrogens with zero attached hydrogens (tertiary/aromatic N) is 1. The Morgan fingerprint density at radius 2 is 1.92 bits per heavy atom. The first kappa shape index (κ1) is 18.4. The number of thiazole rings is 1. The molecular weight excluding hydrogens is 322 g/mol. The molecule has 3 N–H and O–H groups in total. The molecule has 130 valence electrons. The summed E-state index contributed by atoms with van der Waals surface area (Å²) < 4.78 is 0. The van der Waals surface area contributed by atoms with E-state index in [2.05, 4.69) is 22.5 Å². The van der Waals surface area contributed by atoms with Crippen LogP contribution in [0.2, 0.25) is 0 Å². The monoisotopic (exact) mass is 347 g/mol. The van der Waals surface area contributed by atoms with Gasteiger partial charge in [-0.3, -0.25) is 0 Å². The summed E-state index contributed by atoms with van der Waals surface area (Å²) in [7, 11) is 0. The standard InChI is InChI=1S/C18H25N3O2S/c1-5-14-6-8-15(9-7-14)16(10-22)21-18(23)20-12(3)17-11(2)19-13(4)24-17/h6-9,12,16,22H,5,10H2,1-4H3,(H2,20,21,23). The second-order valence-electron chi connectivity index (χ2n) is 5.85. The van der Waals surface area contributed by atoms with Crippen LogP contribution in [0.25, 0.3) is 0 Å². The molecule has 5 nitrogen and oxygen atoms in total. The molecule has 1 aromatic carbocycles. The third-order valence-corrected chi connectivity index (χ3v) is 5.21. The summed E-state index contributed by atoms with van der Waals surface area (Å²) in [5, 5.41) is 16.3. The number of carbonyl (C=O) groups excluding carboxylic acids is 1. The van der Waals surface area contributed by atoms with Gasteiger partial charge in [-0.1, -0.05) is 31.2 Å². The Kier molecular flexibility index (Phi) is 6.34. The third-order valence-electron chi connectivity index (χ3n) is 3.96. The van der Waals surface area contributed by atoms with Crippen LogP contribution in [0.3, 0.4) is 0 Å². The largest absolute Gasteiger partial charge is 0.394 e. The molecular formula is C18H25N3O2S. The lowest BCUT2D eigenvalue weighted by atomic mass is 10.0. The van der Waals surface area contributed by atoms with Crippen LogP contribution in [0.4, 0.5) is 4.79 Å². The van der Waals surface area contributed by atoms with E-state index in [0.29, 0.717) is 0 Å². The lowest BCUT2D eigenvalue weighted by molar-refractivity contribution is 0.215. The molecule has 24 heavy (non-hydrogen) atoms. The van der Waals surface area contributed by atoms with E-state index in [-0.39, 0.29) is 18.7 Å². The van der Waals surface area contributed by atoms with Gasteiger partial charge in [0, 0.05) is 4.88 Å². The highest BCUT2D eigenvalue weighted by molar-refractivity contribution is 7.11. The first-order valence-corrected chi connectivity index (χ1v) is 8.96. The number of urea groups is 1. The van der Waals surface area contributed by atoms with Crippen LogP contribution >= 0.6 is 11.3 Å². The number of rotatable bonds is 6. The molecule has 0 bridgehead atoms. The van der Waals surface area contributed by atoms with Crippen LogP contribution < -0.4 is 10.6 Å². The number of aromatic nitrogens is 1. The quantitative estimate of drug-likeness (QED) is 0.749. The fourth-order valence-corrected chi connectivity index (χ4v) is 3.56. The molecule has 2 atom stereocenters. The summed E-state index contributed by atoms with van der Waals surface area (Å²) in [6, 6.07) is 7.07. The number of hydrogen-bond acceptors (Lipinski definition) is 4. The van der Waals surface area contributed by atoms with Crippen LogP contribution in [0.15, 0.2) is 24.3 Å². The molecule has 0 radical (unpaired) electrons. The van der Waals surface area contributed by atoms with E-state index in [4.69, 9.17) is 0 Å². The molecule has 0 aliphatic heterocycles. The molecule has 6 heteroatoms. The number of nitrogens with one attached hydrogen (secondary N) is 2. The van der Waals surface area contributed by atoms with Gasteiger partial charge < -0.3 is 15.7 Å². The zero-order valence-electron chi connectivity index (χ0n) is 14.6. The number of aryl methyl sites for hydroxylation is 3. The smallest absolute Gasteiger partial charge is 0.315 e. The van der Waals surface area contributed by atoms with Gasteiger partial charge in [0.05, 0.1) is 29.4 Å². The summed E-state index contributed by atoms with van der Waals surface area (Å²) >= 11 is 1.59. The van der Waals surface area contributed by atoms with E-state index in [0.717, 1.165) is 27.6 Å². The lowest BCUT2D eigenvalue weighted by Gasteiger charge is -2.20. The van der Waals surface area contributed by atoms with E-state index in [1.54, 1.807) is 11.3 Å². The van der Waals surface area contributed by atoms with Gasteiger partial charge in [-0.25, -0.2) is 9.78 Å². The predicted molar refractivity (Wildman–Crippen MR) is 97.3 cm³/mol. The van der Waals surface area contributed by atoms with Crippen molar-refractivity contribution >= 4 is 17.4 Å². The van der Waals surface area contributed by atoms with Crippen molar-refractivity contribution in [2.24, 2.45) is 0 Å². The Morgan fingerprint density at radius 3 is 2.42 bits per heavy atom. The average molecular weight is 347 g/mol. The van der Waals surface area contributed by atoms with Gasteiger partial charge in [-0.15, -0.1) is 11.3 Å². The van der Waals surface area contributed by atoms with Gasteiger partial charge >= 0.3 is 6.03 Å². The molecule has 0 spiro atoms. The maximum atomic E-state index is 12.3. The van der Waals surface area contributed by atoms with Crippen LogP contribution in [0.1, 0.15) is 52.6 Å². The maximum absolute atomic E-state index is 12.3. The molecule has 1 aromatic heterocycles. The van der Waals surface area contributed by atoms with Crippen molar-refractivity contribution in [3.8, 4) is 0 Å². The molecule has 0 aliphatic carbocycles. The van der Waals surface area contributed by atoms with Gasteiger partial charge in [-0.2, -0.15) is 0 Å². The van der Waals surface area contributed by atoms with Crippen molar-refractivity contribution in [2.75, 3.05) is 6.61 Å². The number of aliphatic hydroxyl groups excluding tert-OH is 1. The second-order valence-corrected chi connectivity index (χ2v) is 7.09. The number of amides is 2. The van der Waals surface area contributed by atoms with Crippen molar-refractivity contribution < 1.29 is 9.90 Å². The van der Waals surface area contributed by atoms with Crippen LogP contribution in [0.5, 0.6) is 0 Å². The van der Waals surface area contributed by atoms with Crippen molar-refractivity contribution in [3.63, 3.8) is 0 Å². The summed E-state index contributed by atoms with van der Waals surface area (Å²) in [4.78, 5) is 17.7. The highest BCUT2D eigenvalue weighted by Gasteiger charge is 2.18. The fraction of sp³-hybridized carbons (Fsp3) is 0.444. The predicted octanol–water partition coefficient (Wildman–Crippen LogP) is 3.42. The Balaban J connectivity index is 1.99. The average Bonchev–Trinajstić information content (AvgIpc) is 2.91. The topological polar surface area (TPSA) is 74.2 Å². The van der Waals surface area contributed by atoms with Crippen LogP contribution in [-0.2, 0) is 6.42 Å². The van der Waals surface area contributed by atoms with E-state index in [9.17, 15) is 9.90 Å². The molecule has 0 saturated heterocycles. The minimum absolute atomic E-state index is 0.127. The Hall–Kier alpha value is -1.92. The van der Waals surface area contributed by atoms with E-state index in [1.807, 2.05) is 45.0 Å². The van der Waals surface area contributed by atoms with Crippen LogP contribution in [-0.4, -0.2) is 22.7 Å². The molecule has 2 aromatic rings. The number of benzene rings is 1. The van der Waals surface area contributed by atoms with Gasteiger partial charge in [-0.05, 0) is 38.3 Å². The van der Waals surface area contributed by atoms with Crippen LogP contribution in [0, 0.1) is 13.8 Å². The number of carbonyl (C=O) groups is 1. The Morgan fingerprint density at radius 1 is 1.25 bits per heavy atom. The van der Waals surface area contributed by atoms with E-state index >= 15 is 0 Å². The minimum atomic E-state index is -0.424. The number of hydrogen-bond donors (Lipinski definition) is 3. The van der Waals surface area contributed by atoms with Crippen molar-refractivity contribution in [1.82, 2.24) is 15.6 Å². The van der Waals surface area contributed by atoms with Gasteiger partial charge in [0.15, 0.2) is 0 Å². The summed E-state index contributed by atoms with van der Waals surface area (Å²) in [5.41, 5.74) is 3.06. The highest BCUT2D eigenvalue weighted by atomic mass is 32.1. The minimum Gasteiger partial charge on any atom is -0.394 e. The molecule has 2 amide bonds. The van der Waals surface area contributed by atoms with E-state index in [1.165, 1.54) is 5.56 Å². The zero-order chi connectivity index (χ0) is 17.7. The lowest BCUT2D eigenvalue weighted by Crippen LogP contribution is -2.40. The molecule has 0 saturated carbocycles. The Labute approximate surface area is 147 Å². The number of aliphatic hydroxyl groups is 1.